The largest absolute Gasteiger partial charge is 0.457 e. The van der Waals surface area contributed by atoms with Gasteiger partial charge in [-0.1, -0.05) is 82.9 Å². The van der Waals surface area contributed by atoms with E-state index >= 15 is 0 Å². The Balaban J connectivity index is 2.06. The Labute approximate surface area is 230 Å². The highest BCUT2D eigenvalue weighted by Gasteiger charge is 2.11. The number of benzene rings is 2. The van der Waals surface area contributed by atoms with E-state index in [0.29, 0.717) is 11.5 Å². The monoisotopic (exact) mass is 540 g/mol. The number of rotatable bonds is 20. The Morgan fingerprint density at radius 2 is 1.33 bits per heavy atom. The summed E-state index contributed by atoms with van der Waals surface area (Å²) in [5.74, 6) is -0.869. The number of aliphatic hydroxyl groups is 2. The molecular formula is C31H40O8. The number of hydrogen-bond donors (Lipinski definition) is 2. The van der Waals surface area contributed by atoms with Gasteiger partial charge in [-0.05, 0) is 41.7 Å². The van der Waals surface area contributed by atoms with Crippen molar-refractivity contribution in [3.63, 3.8) is 0 Å². The molecule has 0 atom stereocenters. The highest BCUT2D eigenvalue weighted by molar-refractivity contribution is 5.93. The first-order chi connectivity index (χ1) is 18.9. The summed E-state index contributed by atoms with van der Waals surface area (Å²) in [7, 11) is 0. The molecule has 0 radical (unpaired) electrons. The van der Waals surface area contributed by atoms with Gasteiger partial charge in [0.2, 0.25) is 19.4 Å². The zero-order valence-corrected chi connectivity index (χ0v) is 22.8. The van der Waals surface area contributed by atoms with Crippen molar-refractivity contribution in [2.75, 3.05) is 26.8 Å². The minimum atomic E-state index is -0.762. The molecule has 8 heteroatoms. The molecule has 2 aromatic rings. The van der Waals surface area contributed by atoms with Crippen LogP contribution in [0.3, 0.4) is 0 Å². The van der Waals surface area contributed by atoms with Crippen molar-refractivity contribution in [1.82, 2.24) is 0 Å². The minimum absolute atomic E-state index is 0.0808. The molecule has 0 bridgehead atoms. The van der Waals surface area contributed by atoms with E-state index in [0.717, 1.165) is 24.0 Å². The van der Waals surface area contributed by atoms with Crippen LogP contribution >= 0.6 is 0 Å². The fourth-order valence-corrected chi connectivity index (χ4v) is 3.71. The molecule has 0 aromatic heterocycles. The molecule has 0 fully saturated rings. The van der Waals surface area contributed by atoms with E-state index in [4.69, 9.17) is 29.2 Å². The molecule has 2 rings (SSSR count). The lowest BCUT2D eigenvalue weighted by Gasteiger charge is -2.14. The number of hydrogen-bond acceptors (Lipinski definition) is 8. The molecular weight excluding hydrogens is 500 g/mol. The predicted octanol–water partition coefficient (Wildman–Crippen LogP) is 5.50. The van der Waals surface area contributed by atoms with Crippen molar-refractivity contribution in [1.29, 1.82) is 0 Å². The zero-order chi connectivity index (χ0) is 28.5. The van der Waals surface area contributed by atoms with Crippen LogP contribution in [0.2, 0.25) is 0 Å². The fraction of sp³-hybridized carbons (Fsp3) is 0.419. The van der Waals surface area contributed by atoms with Crippen LogP contribution in [-0.4, -0.2) is 48.8 Å². The van der Waals surface area contributed by atoms with Gasteiger partial charge in [-0.2, -0.15) is 0 Å². The molecule has 2 N–H and O–H groups in total. The van der Waals surface area contributed by atoms with Gasteiger partial charge in [0, 0.05) is 6.07 Å². The molecule has 0 saturated heterocycles. The first kappa shape index (κ1) is 31.6. The van der Waals surface area contributed by atoms with Gasteiger partial charge in [0.1, 0.15) is 18.1 Å². The molecule has 39 heavy (non-hydrogen) atoms. The molecule has 2 aromatic carbocycles. The minimum Gasteiger partial charge on any atom is -0.457 e. The molecule has 8 nitrogen and oxygen atoms in total. The highest BCUT2D eigenvalue weighted by atomic mass is 16.7. The molecule has 0 spiro atoms. The van der Waals surface area contributed by atoms with Crippen LogP contribution in [0, 0.1) is 0 Å². The third-order valence-electron chi connectivity index (χ3n) is 6.04. The number of esters is 1. The standard InChI is InChI=1S/C31H40O8/c1-4-5-6-7-8-9-10-11-25-12-14-26(15-13-25)27-16-28(37-21-36-24(3)30(34)20-33)18-29(17-27)38-22-39-31(35)23(2)19-32/h12-18,32-33H,2-11,19-22H2,1H3. The lowest BCUT2D eigenvalue weighted by molar-refractivity contribution is -0.145. The Morgan fingerprint density at radius 3 is 1.92 bits per heavy atom. The first-order valence-corrected chi connectivity index (χ1v) is 13.3. The average Bonchev–Trinajstić information content (AvgIpc) is 2.95. The van der Waals surface area contributed by atoms with Crippen LogP contribution in [0.15, 0.2) is 67.0 Å². The molecule has 0 heterocycles. The van der Waals surface area contributed by atoms with Crippen LogP contribution in [0.1, 0.15) is 57.4 Å². The molecule has 0 unspecified atom stereocenters. The Hall–Kier alpha value is -3.62. The number of carbonyl (C=O) groups is 2. The van der Waals surface area contributed by atoms with E-state index in [1.165, 1.54) is 44.1 Å². The summed E-state index contributed by atoms with van der Waals surface area (Å²) in [6.07, 6.45) is 9.92. The second-order valence-electron chi connectivity index (χ2n) is 9.13. The summed E-state index contributed by atoms with van der Waals surface area (Å²) < 4.78 is 21.3. The number of carbonyl (C=O) groups excluding carboxylic acids is 2. The number of aliphatic hydroxyl groups excluding tert-OH is 2. The van der Waals surface area contributed by atoms with Crippen molar-refractivity contribution in [3.05, 3.63) is 72.5 Å². The van der Waals surface area contributed by atoms with Gasteiger partial charge in [0.05, 0.1) is 12.2 Å². The number of unbranched alkanes of at least 4 members (excludes halogenated alkanes) is 6. The Morgan fingerprint density at radius 1 is 0.744 bits per heavy atom. The third-order valence-corrected chi connectivity index (χ3v) is 6.04. The number of Topliss-reactive ketones (excluding diaryl/α,β-unsaturated/α-hetero) is 1. The summed E-state index contributed by atoms with van der Waals surface area (Å²) >= 11 is 0. The normalized spacial score (nSPS) is 10.5. The van der Waals surface area contributed by atoms with Gasteiger partial charge in [-0.15, -0.1) is 0 Å². The topological polar surface area (TPSA) is 112 Å². The van der Waals surface area contributed by atoms with E-state index in [-0.39, 0.29) is 18.1 Å². The van der Waals surface area contributed by atoms with E-state index < -0.39 is 31.8 Å². The Kier molecular flexibility index (Phi) is 14.4. The van der Waals surface area contributed by atoms with Crippen molar-refractivity contribution in [3.8, 4) is 22.6 Å². The summed E-state index contributed by atoms with van der Waals surface area (Å²) in [4.78, 5) is 23.2. The fourth-order valence-electron chi connectivity index (χ4n) is 3.71. The van der Waals surface area contributed by atoms with E-state index in [2.05, 4.69) is 32.2 Å². The van der Waals surface area contributed by atoms with Gasteiger partial charge in [0.15, 0.2) is 5.76 Å². The second-order valence-corrected chi connectivity index (χ2v) is 9.13. The van der Waals surface area contributed by atoms with Crippen LogP contribution < -0.4 is 9.47 Å². The van der Waals surface area contributed by atoms with Gasteiger partial charge < -0.3 is 29.2 Å². The summed E-state index contributed by atoms with van der Waals surface area (Å²) in [6, 6.07) is 13.4. The van der Waals surface area contributed by atoms with Gasteiger partial charge in [0.25, 0.3) is 0 Å². The van der Waals surface area contributed by atoms with Crippen LogP contribution in [0.25, 0.3) is 11.1 Å². The number of ether oxygens (including phenoxy) is 4. The van der Waals surface area contributed by atoms with E-state index in [1.807, 2.05) is 12.1 Å². The molecule has 0 aliphatic rings. The van der Waals surface area contributed by atoms with E-state index in [9.17, 15) is 9.59 Å². The third kappa shape index (κ3) is 11.8. The summed E-state index contributed by atoms with van der Waals surface area (Å²) in [5, 5.41) is 17.9. The van der Waals surface area contributed by atoms with Crippen molar-refractivity contribution >= 4 is 11.8 Å². The molecule has 0 amide bonds. The maximum absolute atomic E-state index is 11.7. The zero-order valence-electron chi connectivity index (χ0n) is 22.8. The van der Waals surface area contributed by atoms with E-state index in [1.54, 1.807) is 18.2 Å². The summed E-state index contributed by atoms with van der Waals surface area (Å²) in [5.41, 5.74) is 2.91. The Bertz CT molecular complexity index is 1020. The van der Waals surface area contributed by atoms with Crippen LogP contribution in [0.5, 0.6) is 11.5 Å². The van der Waals surface area contributed by atoms with Crippen LogP contribution in [0.4, 0.5) is 0 Å². The van der Waals surface area contributed by atoms with Crippen molar-refractivity contribution in [2.45, 2.75) is 58.3 Å². The number of ketones is 1. The highest BCUT2D eigenvalue weighted by Crippen LogP contribution is 2.31. The predicted molar refractivity (Wildman–Crippen MR) is 149 cm³/mol. The molecule has 0 aliphatic heterocycles. The maximum atomic E-state index is 11.7. The first-order valence-electron chi connectivity index (χ1n) is 13.3. The second kappa shape index (κ2) is 17.8. The average molecular weight is 541 g/mol. The summed E-state index contributed by atoms with van der Waals surface area (Å²) in [6.45, 7) is 7.19. The SMILES string of the molecule is C=C(CO)C(=O)OCOc1cc(OCOC(=C)C(=O)CO)cc(-c2ccc(CCCCCCCCC)cc2)c1. The van der Waals surface area contributed by atoms with Gasteiger partial charge >= 0.3 is 5.97 Å². The molecule has 0 saturated carbocycles. The molecule has 0 aliphatic carbocycles. The van der Waals surface area contributed by atoms with Gasteiger partial charge in [-0.3, -0.25) is 4.79 Å². The van der Waals surface area contributed by atoms with Gasteiger partial charge in [-0.25, -0.2) is 4.79 Å². The van der Waals surface area contributed by atoms with Crippen LogP contribution in [-0.2, 0) is 25.5 Å². The quantitative estimate of drug-likeness (QED) is 0.0744. The van der Waals surface area contributed by atoms with Crippen molar-refractivity contribution in [2.24, 2.45) is 0 Å². The number of aryl methyl sites for hydroxylation is 1. The lowest BCUT2D eigenvalue weighted by atomic mass is 10.0. The lowest BCUT2D eigenvalue weighted by Crippen LogP contribution is -2.14. The van der Waals surface area contributed by atoms with Crippen molar-refractivity contribution < 1.29 is 38.7 Å². The maximum Gasteiger partial charge on any atom is 0.338 e. The molecule has 212 valence electrons. The smallest absolute Gasteiger partial charge is 0.338 e.